The Hall–Kier alpha value is -1.71. The molecule has 104 valence electrons. The first-order valence-corrected chi connectivity index (χ1v) is 6.85. The van der Waals surface area contributed by atoms with E-state index in [-0.39, 0.29) is 6.03 Å². The third-order valence-corrected chi connectivity index (χ3v) is 3.35. The van der Waals surface area contributed by atoms with Crippen molar-refractivity contribution in [2.75, 3.05) is 5.32 Å². The molecule has 0 atom stereocenters. The Morgan fingerprint density at radius 1 is 1.10 bits per heavy atom. The predicted molar refractivity (Wildman–Crippen MR) is 83.5 cm³/mol. The van der Waals surface area contributed by atoms with Gasteiger partial charge in [0.15, 0.2) is 0 Å². The van der Waals surface area contributed by atoms with Gasteiger partial charge in [0.25, 0.3) is 0 Å². The first kappa shape index (κ1) is 14.7. The molecule has 2 amide bonds. The zero-order valence-corrected chi connectivity index (χ0v) is 12.4. The van der Waals surface area contributed by atoms with E-state index in [1.807, 2.05) is 31.2 Å². The summed E-state index contributed by atoms with van der Waals surface area (Å²) in [6, 6.07) is 12.5. The summed E-state index contributed by atoms with van der Waals surface area (Å²) in [7, 11) is 0. The molecule has 0 unspecified atom stereocenters. The lowest BCUT2D eigenvalue weighted by Gasteiger charge is -2.09. The molecule has 0 radical (unpaired) electrons. The van der Waals surface area contributed by atoms with Gasteiger partial charge in [0, 0.05) is 22.3 Å². The predicted octanol–water partition coefficient (Wildman–Crippen LogP) is 4.62. The van der Waals surface area contributed by atoms with E-state index in [4.69, 9.17) is 23.2 Å². The maximum absolute atomic E-state index is 11.8. The molecule has 2 aromatic rings. The number of carbonyl (C=O) groups excluding carboxylic acids is 1. The van der Waals surface area contributed by atoms with Crippen LogP contribution in [0.3, 0.4) is 0 Å². The van der Waals surface area contributed by atoms with Crippen LogP contribution in [0.1, 0.15) is 11.1 Å². The number of nitrogens with one attached hydrogen (secondary N) is 2. The minimum atomic E-state index is -0.278. The molecule has 0 bridgehead atoms. The lowest BCUT2D eigenvalue weighted by atomic mass is 10.2. The van der Waals surface area contributed by atoms with Crippen LogP contribution >= 0.6 is 23.2 Å². The fourth-order valence-corrected chi connectivity index (χ4v) is 2.13. The van der Waals surface area contributed by atoms with Gasteiger partial charge in [-0.25, -0.2) is 4.79 Å². The highest BCUT2D eigenvalue weighted by Gasteiger charge is 2.04. The Labute approximate surface area is 127 Å². The molecule has 2 rings (SSSR count). The quantitative estimate of drug-likeness (QED) is 0.853. The van der Waals surface area contributed by atoms with Crippen molar-refractivity contribution < 1.29 is 4.79 Å². The Kier molecular flexibility index (Phi) is 4.88. The zero-order valence-electron chi connectivity index (χ0n) is 10.9. The van der Waals surface area contributed by atoms with Gasteiger partial charge < -0.3 is 10.6 Å². The van der Waals surface area contributed by atoms with Crippen LogP contribution in [0.5, 0.6) is 0 Å². The van der Waals surface area contributed by atoms with Gasteiger partial charge in [-0.05, 0) is 36.8 Å². The molecule has 0 aromatic heterocycles. The summed E-state index contributed by atoms with van der Waals surface area (Å²) in [6.07, 6.45) is 0. The van der Waals surface area contributed by atoms with Crippen molar-refractivity contribution in [3.05, 3.63) is 63.6 Å². The van der Waals surface area contributed by atoms with Crippen LogP contribution in [-0.4, -0.2) is 6.03 Å². The highest BCUT2D eigenvalue weighted by Crippen LogP contribution is 2.20. The Bertz CT molecular complexity index is 612. The smallest absolute Gasteiger partial charge is 0.319 e. The molecule has 0 saturated heterocycles. The highest BCUT2D eigenvalue weighted by molar-refractivity contribution is 6.35. The van der Waals surface area contributed by atoms with E-state index < -0.39 is 0 Å². The molecule has 0 aliphatic carbocycles. The highest BCUT2D eigenvalue weighted by atomic mass is 35.5. The van der Waals surface area contributed by atoms with Crippen LogP contribution in [-0.2, 0) is 6.54 Å². The maximum atomic E-state index is 11.8. The summed E-state index contributed by atoms with van der Waals surface area (Å²) in [5.74, 6) is 0. The number of rotatable bonds is 3. The SMILES string of the molecule is Cc1ccc(NC(=O)NCc2ccc(Cl)cc2Cl)cc1. The van der Waals surface area contributed by atoms with Crippen molar-refractivity contribution >= 4 is 34.9 Å². The van der Waals surface area contributed by atoms with Crippen LogP contribution in [0.15, 0.2) is 42.5 Å². The van der Waals surface area contributed by atoms with Crippen molar-refractivity contribution in [1.29, 1.82) is 0 Å². The molecule has 20 heavy (non-hydrogen) atoms. The van der Waals surface area contributed by atoms with Gasteiger partial charge in [-0.2, -0.15) is 0 Å². The van der Waals surface area contributed by atoms with Crippen molar-refractivity contribution in [3.8, 4) is 0 Å². The Morgan fingerprint density at radius 3 is 2.45 bits per heavy atom. The largest absolute Gasteiger partial charge is 0.334 e. The van der Waals surface area contributed by atoms with E-state index in [0.29, 0.717) is 16.6 Å². The lowest BCUT2D eigenvalue weighted by molar-refractivity contribution is 0.251. The first-order chi connectivity index (χ1) is 9.54. The zero-order chi connectivity index (χ0) is 14.5. The van der Waals surface area contributed by atoms with Crippen molar-refractivity contribution in [1.82, 2.24) is 5.32 Å². The summed E-state index contributed by atoms with van der Waals surface area (Å²) in [6.45, 7) is 2.33. The van der Waals surface area contributed by atoms with E-state index >= 15 is 0 Å². The average Bonchev–Trinajstić information content (AvgIpc) is 2.40. The molecule has 0 fully saturated rings. The molecule has 2 N–H and O–H groups in total. The third-order valence-electron chi connectivity index (χ3n) is 2.76. The second-order valence-corrected chi connectivity index (χ2v) is 5.25. The first-order valence-electron chi connectivity index (χ1n) is 6.10. The monoisotopic (exact) mass is 308 g/mol. The van der Waals surface area contributed by atoms with Crippen molar-refractivity contribution in [2.24, 2.45) is 0 Å². The van der Waals surface area contributed by atoms with Gasteiger partial charge in [0.2, 0.25) is 0 Å². The average molecular weight is 309 g/mol. The molecule has 0 aliphatic rings. The number of hydrogen-bond acceptors (Lipinski definition) is 1. The Morgan fingerprint density at radius 2 is 1.80 bits per heavy atom. The normalized spacial score (nSPS) is 10.2. The molecule has 2 aromatic carbocycles. The Balaban J connectivity index is 1.90. The van der Waals surface area contributed by atoms with E-state index in [1.165, 1.54) is 0 Å². The molecule has 5 heteroatoms. The van der Waals surface area contributed by atoms with Crippen LogP contribution < -0.4 is 10.6 Å². The van der Waals surface area contributed by atoms with Gasteiger partial charge in [0.05, 0.1) is 0 Å². The lowest BCUT2D eigenvalue weighted by Crippen LogP contribution is -2.28. The molecular weight excluding hydrogens is 295 g/mol. The summed E-state index contributed by atoms with van der Waals surface area (Å²) < 4.78 is 0. The minimum absolute atomic E-state index is 0.278. The summed E-state index contributed by atoms with van der Waals surface area (Å²) in [4.78, 5) is 11.8. The number of urea groups is 1. The molecule has 0 aliphatic heterocycles. The van der Waals surface area contributed by atoms with Crippen LogP contribution in [0.4, 0.5) is 10.5 Å². The molecule has 0 spiro atoms. The number of anilines is 1. The van der Waals surface area contributed by atoms with Gasteiger partial charge in [-0.15, -0.1) is 0 Å². The van der Waals surface area contributed by atoms with Crippen LogP contribution in [0.2, 0.25) is 10.0 Å². The van der Waals surface area contributed by atoms with Crippen LogP contribution in [0.25, 0.3) is 0 Å². The molecule has 0 heterocycles. The van der Waals surface area contributed by atoms with E-state index in [1.54, 1.807) is 18.2 Å². The molecule has 3 nitrogen and oxygen atoms in total. The summed E-state index contributed by atoms with van der Waals surface area (Å²) in [5, 5.41) is 6.60. The number of hydrogen-bond donors (Lipinski definition) is 2. The van der Waals surface area contributed by atoms with E-state index in [2.05, 4.69) is 10.6 Å². The summed E-state index contributed by atoms with van der Waals surface area (Å²) in [5.41, 5.74) is 2.70. The van der Waals surface area contributed by atoms with Crippen molar-refractivity contribution in [2.45, 2.75) is 13.5 Å². The summed E-state index contributed by atoms with van der Waals surface area (Å²) >= 11 is 11.9. The maximum Gasteiger partial charge on any atom is 0.319 e. The topological polar surface area (TPSA) is 41.1 Å². The fraction of sp³-hybridized carbons (Fsp3) is 0.133. The fourth-order valence-electron chi connectivity index (χ4n) is 1.65. The van der Waals surface area contributed by atoms with Crippen LogP contribution in [0, 0.1) is 6.92 Å². The molecule has 0 saturated carbocycles. The standard InChI is InChI=1S/C15H14Cl2N2O/c1-10-2-6-13(7-3-10)19-15(20)18-9-11-4-5-12(16)8-14(11)17/h2-8H,9H2,1H3,(H2,18,19,20). The second-order valence-electron chi connectivity index (χ2n) is 4.41. The number of benzene rings is 2. The second kappa shape index (κ2) is 6.64. The van der Waals surface area contributed by atoms with Gasteiger partial charge in [-0.3, -0.25) is 0 Å². The van der Waals surface area contributed by atoms with Gasteiger partial charge >= 0.3 is 6.03 Å². The number of aryl methyl sites for hydroxylation is 1. The number of halogens is 2. The van der Waals surface area contributed by atoms with E-state index in [9.17, 15) is 4.79 Å². The molecular formula is C15H14Cl2N2O. The van der Waals surface area contributed by atoms with Crippen molar-refractivity contribution in [3.63, 3.8) is 0 Å². The minimum Gasteiger partial charge on any atom is -0.334 e. The third kappa shape index (κ3) is 4.15. The van der Waals surface area contributed by atoms with Gasteiger partial charge in [-0.1, -0.05) is 47.0 Å². The van der Waals surface area contributed by atoms with Gasteiger partial charge in [0.1, 0.15) is 0 Å². The number of carbonyl (C=O) groups is 1. The number of amides is 2. The van der Waals surface area contributed by atoms with E-state index in [0.717, 1.165) is 16.8 Å².